The Kier molecular flexibility index (Phi) is 3.33. The first-order chi connectivity index (χ1) is 6.08. The molecule has 0 amide bonds. The highest BCUT2D eigenvalue weighted by Gasteiger charge is 2.09. The number of hydrogen-bond acceptors (Lipinski definition) is 4. The molecule has 4 nitrogen and oxygen atoms in total. The summed E-state index contributed by atoms with van der Waals surface area (Å²) >= 11 is 0. The summed E-state index contributed by atoms with van der Waals surface area (Å²) in [5.74, 6) is 0. The summed E-state index contributed by atoms with van der Waals surface area (Å²) in [7, 11) is 0. The summed E-state index contributed by atoms with van der Waals surface area (Å²) in [5.41, 5.74) is 3.53. The van der Waals surface area contributed by atoms with Crippen LogP contribution in [0.15, 0.2) is 18.6 Å². The van der Waals surface area contributed by atoms with Crippen LogP contribution in [0.2, 0.25) is 0 Å². The minimum absolute atomic E-state index is 0.178. The van der Waals surface area contributed by atoms with Crippen LogP contribution in [0.5, 0.6) is 0 Å². The minimum Gasteiger partial charge on any atom is -0.296 e. The van der Waals surface area contributed by atoms with Crippen LogP contribution in [-0.2, 0) is 11.4 Å². The molecule has 0 saturated heterocycles. The molecule has 0 bridgehead atoms. The number of hydroxylamine groups is 1. The van der Waals surface area contributed by atoms with Gasteiger partial charge in [-0.2, -0.15) is 5.48 Å². The highest BCUT2D eigenvalue weighted by Crippen LogP contribution is 2.03. The smallest absolute Gasteiger partial charge is 0.0813 e. The zero-order chi connectivity index (χ0) is 9.73. The molecule has 0 aromatic carbocycles. The van der Waals surface area contributed by atoms with E-state index in [1.165, 1.54) is 0 Å². The molecular weight excluding hydrogens is 166 g/mol. The Balaban J connectivity index is 2.29. The van der Waals surface area contributed by atoms with Gasteiger partial charge in [-0.25, -0.2) is 0 Å². The predicted octanol–water partition coefficient (Wildman–Crippen LogP) is 1.30. The van der Waals surface area contributed by atoms with Gasteiger partial charge in [-0.1, -0.05) is 0 Å². The molecule has 0 aliphatic heterocycles. The molecule has 0 atom stereocenters. The van der Waals surface area contributed by atoms with E-state index < -0.39 is 0 Å². The lowest BCUT2D eigenvalue weighted by Gasteiger charge is -2.18. The van der Waals surface area contributed by atoms with Gasteiger partial charge in [-0.15, -0.1) is 0 Å². The van der Waals surface area contributed by atoms with Crippen molar-refractivity contribution in [2.75, 3.05) is 0 Å². The molecule has 0 spiro atoms. The van der Waals surface area contributed by atoms with E-state index in [9.17, 15) is 0 Å². The summed E-state index contributed by atoms with van der Waals surface area (Å²) in [5, 5.41) is 0. The van der Waals surface area contributed by atoms with Gasteiger partial charge in [-0.05, 0) is 20.8 Å². The monoisotopic (exact) mass is 181 g/mol. The Morgan fingerprint density at radius 2 is 2.15 bits per heavy atom. The van der Waals surface area contributed by atoms with Crippen LogP contribution in [0.25, 0.3) is 0 Å². The molecule has 13 heavy (non-hydrogen) atoms. The first kappa shape index (κ1) is 10.1. The Labute approximate surface area is 78.3 Å². The third kappa shape index (κ3) is 4.55. The molecule has 0 radical (unpaired) electrons. The summed E-state index contributed by atoms with van der Waals surface area (Å²) in [6.45, 7) is 6.52. The van der Waals surface area contributed by atoms with Crippen molar-refractivity contribution in [1.82, 2.24) is 15.4 Å². The quantitative estimate of drug-likeness (QED) is 0.714. The van der Waals surface area contributed by atoms with Gasteiger partial charge in [0.15, 0.2) is 0 Å². The van der Waals surface area contributed by atoms with Crippen LogP contribution in [-0.4, -0.2) is 15.6 Å². The Morgan fingerprint density at radius 1 is 1.38 bits per heavy atom. The molecule has 0 aliphatic rings. The van der Waals surface area contributed by atoms with Gasteiger partial charge in [0, 0.05) is 18.6 Å². The lowest BCUT2D eigenvalue weighted by molar-refractivity contribution is -0.0761. The molecule has 4 heteroatoms. The van der Waals surface area contributed by atoms with Crippen molar-refractivity contribution in [3.8, 4) is 0 Å². The summed E-state index contributed by atoms with van der Waals surface area (Å²) in [4.78, 5) is 13.4. The molecule has 0 aliphatic carbocycles. The van der Waals surface area contributed by atoms with E-state index in [1.54, 1.807) is 18.6 Å². The van der Waals surface area contributed by atoms with Gasteiger partial charge in [0.1, 0.15) is 0 Å². The van der Waals surface area contributed by atoms with Gasteiger partial charge < -0.3 is 0 Å². The fourth-order valence-electron chi connectivity index (χ4n) is 0.748. The average Bonchev–Trinajstić information content (AvgIpc) is 2.04. The van der Waals surface area contributed by atoms with E-state index in [-0.39, 0.29) is 5.60 Å². The van der Waals surface area contributed by atoms with Crippen LogP contribution in [0.3, 0.4) is 0 Å². The van der Waals surface area contributed by atoms with Gasteiger partial charge in [0.05, 0.1) is 17.8 Å². The summed E-state index contributed by atoms with van der Waals surface area (Å²) < 4.78 is 0. The molecule has 0 saturated carbocycles. The molecule has 0 fully saturated rings. The first-order valence-corrected chi connectivity index (χ1v) is 4.24. The largest absolute Gasteiger partial charge is 0.296 e. The molecule has 1 N–H and O–H groups in total. The summed E-state index contributed by atoms with van der Waals surface area (Å²) in [6.07, 6.45) is 5.02. The van der Waals surface area contributed by atoms with Crippen molar-refractivity contribution in [2.45, 2.75) is 32.9 Å². The second kappa shape index (κ2) is 4.30. The van der Waals surface area contributed by atoms with E-state index in [4.69, 9.17) is 4.84 Å². The Morgan fingerprint density at radius 3 is 2.69 bits per heavy atom. The molecule has 1 aromatic rings. The zero-order valence-corrected chi connectivity index (χ0v) is 8.24. The summed E-state index contributed by atoms with van der Waals surface area (Å²) in [6, 6.07) is 0. The van der Waals surface area contributed by atoms with Crippen molar-refractivity contribution >= 4 is 0 Å². The molecule has 72 valence electrons. The van der Waals surface area contributed by atoms with Crippen molar-refractivity contribution in [3.63, 3.8) is 0 Å². The Bertz CT molecular complexity index is 243. The standard InChI is InChI=1S/C9H15N3O/c1-9(2,3)13-12-7-8-6-10-4-5-11-8/h4-6,12H,7H2,1-3H3. The molecule has 0 unspecified atom stereocenters. The SMILES string of the molecule is CC(C)(C)ONCc1cnccn1. The maximum absolute atomic E-state index is 5.32. The van der Waals surface area contributed by atoms with Crippen molar-refractivity contribution in [1.29, 1.82) is 0 Å². The van der Waals surface area contributed by atoms with Crippen molar-refractivity contribution in [3.05, 3.63) is 24.3 Å². The maximum atomic E-state index is 5.32. The maximum Gasteiger partial charge on any atom is 0.0813 e. The van der Waals surface area contributed by atoms with E-state index in [0.29, 0.717) is 6.54 Å². The van der Waals surface area contributed by atoms with Crippen molar-refractivity contribution in [2.24, 2.45) is 0 Å². The topological polar surface area (TPSA) is 47.0 Å². The fraction of sp³-hybridized carbons (Fsp3) is 0.556. The molecule has 1 aromatic heterocycles. The minimum atomic E-state index is -0.178. The van der Waals surface area contributed by atoms with E-state index in [1.807, 2.05) is 20.8 Å². The van der Waals surface area contributed by atoms with Crippen LogP contribution < -0.4 is 5.48 Å². The van der Waals surface area contributed by atoms with Crippen LogP contribution in [0, 0.1) is 0 Å². The normalized spacial score (nSPS) is 11.6. The number of rotatable bonds is 3. The van der Waals surface area contributed by atoms with Crippen LogP contribution in [0.1, 0.15) is 26.5 Å². The highest BCUT2D eigenvalue weighted by molar-refractivity contribution is 4.92. The van der Waals surface area contributed by atoms with Gasteiger partial charge in [0.2, 0.25) is 0 Å². The predicted molar refractivity (Wildman–Crippen MR) is 49.7 cm³/mol. The molecule has 1 rings (SSSR count). The highest BCUT2D eigenvalue weighted by atomic mass is 16.7. The second-order valence-electron chi connectivity index (χ2n) is 3.73. The third-order valence-electron chi connectivity index (χ3n) is 1.25. The third-order valence-corrected chi connectivity index (χ3v) is 1.25. The van der Waals surface area contributed by atoms with Gasteiger partial charge in [-0.3, -0.25) is 14.8 Å². The lowest BCUT2D eigenvalue weighted by atomic mass is 10.2. The number of aromatic nitrogens is 2. The number of hydrogen-bond donors (Lipinski definition) is 1. The Hall–Kier alpha value is -1.00. The van der Waals surface area contributed by atoms with Crippen LogP contribution in [0.4, 0.5) is 0 Å². The van der Waals surface area contributed by atoms with E-state index in [0.717, 1.165) is 5.69 Å². The van der Waals surface area contributed by atoms with Crippen molar-refractivity contribution < 1.29 is 4.84 Å². The van der Waals surface area contributed by atoms with Crippen LogP contribution >= 0.6 is 0 Å². The lowest BCUT2D eigenvalue weighted by Crippen LogP contribution is -2.28. The fourth-order valence-corrected chi connectivity index (χ4v) is 0.748. The average molecular weight is 181 g/mol. The first-order valence-electron chi connectivity index (χ1n) is 4.24. The molecule has 1 heterocycles. The van der Waals surface area contributed by atoms with Gasteiger partial charge in [0.25, 0.3) is 0 Å². The zero-order valence-electron chi connectivity index (χ0n) is 8.24. The van der Waals surface area contributed by atoms with Gasteiger partial charge >= 0.3 is 0 Å². The number of nitrogens with zero attached hydrogens (tertiary/aromatic N) is 2. The number of nitrogens with one attached hydrogen (secondary N) is 1. The second-order valence-corrected chi connectivity index (χ2v) is 3.73. The van der Waals surface area contributed by atoms with E-state index in [2.05, 4.69) is 15.4 Å². The van der Waals surface area contributed by atoms with E-state index >= 15 is 0 Å². The molecular formula is C9H15N3O.